The first-order valence-electron chi connectivity index (χ1n) is 6.84. The predicted octanol–water partition coefficient (Wildman–Crippen LogP) is 4.65. The second-order valence-electron chi connectivity index (χ2n) is 4.65. The van der Waals surface area contributed by atoms with E-state index in [4.69, 9.17) is 4.74 Å². The van der Waals surface area contributed by atoms with Gasteiger partial charge in [0.05, 0.1) is 6.61 Å². The molecule has 2 nitrogen and oxygen atoms in total. The molecular weight excluding hydrogens is 234 g/mol. The molecule has 0 aliphatic carbocycles. The topological polar surface area (TPSA) is 21.3 Å². The van der Waals surface area contributed by atoms with Gasteiger partial charge in [-0.15, -0.1) is 0 Å². The maximum Gasteiger partial charge on any atom is 0.121 e. The van der Waals surface area contributed by atoms with Gasteiger partial charge in [-0.3, -0.25) is 0 Å². The van der Waals surface area contributed by atoms with Crippen molar-refractivity contribution in [1.29, 1.82) is 0 Å². The number of anilines is 1. The van der Waals surface area contributed by atoms with Crippen molar-refractivity contribution in [3.05, 3.63) is 60.2 Å². The second-order valence-corrected chi connectivity index (χ2v) is 4.65. The van der Waals surface area contributed by atoms with E-state index < -0.39 is 0 Å². The van der Waals surface area contributed by atoms with Crippen molar-refractivity contribution in [2.75, 3.05) is 11.9 Å². The lowest BCUT2D eigenvalue weighted by Gasteiger charge is -2.16. The van der Waals surface area contributed by atoms with E-state index in [0.29, 0.717) is 0 Å². The van der Waals surface area contributed by atoms with Crippen molar-refractivity contribution < 1.29 is 4.74 Å². The molecule has 0 spiro atoms. The molecule has 19 heavy (non-hydrogen) atoms. The molecule has 100 valence electrons. The highest BCUT2D eigenvalue weighted by Gasteiger charge is 2.04. The fourth-order valence-electron chi connectivity index (χ4n) is 1.97. The summed E-state index contributed by atoms with van der Waals surface area (Å²) in [5, 5.41) is 3.49. The SMILES string of the molecule is CCCOc1cccc(NC(C)c2ccccc2)c1. The molecular formula is C17H21NO. The van der Waals surface area contributed by atoms with Gasteiger partial charge in [-0.2, -0.15) is 0 Å². The van der Waals surface area contributed by atoms with E-state index in [1.807, 2.05) is 18.2 Å². The highest BCUT2D eigenvalue weighted by atomic mass is 16.5. The quantitative estimate of drug-likeness (QED) is 0.811. The van der Waals surface area contributed by atoms with E-state index in [9.17, 15) is 0 Å². The Balaban J connectivity index is 2.02. The van der Waals surface area contributed by atoms with Crippen molar-refractivity contribution >= 4 is 5.69 Å². The van der Waals surface area contributed by atoms with Gasteiger partial charge in [-0.25, -0.2) is 0 Å². The van der Waals surface area contributed by atoms with Gasteiger partial charge in [0.1, 0.15) is 5.75 Å². The van der Waals surface area contributed by atoms with Gasteiger partial charge >= 0.3 is 0 Å². The van der Waals surface area contributed by atoms with E-state index >= 15 is 0 Å². The van der Waals surface area contributed by atoms with E-state index in [-0.39, 0.29) is 6.04 Å². The molecule has 0 saturated carbocycles. The van der Waals surface area contributed by atoms with Crippen LogP contribution in [0.25, 0.3) is 0 Å². The Bertz CT molecular complexity index is 496. The van der Waals surface area contributed by atoms with E-state index in [1.54, 1.807) is 0 Å². The van der Waals surface area contributed by atoms with Gasteiger partial charge in [-0.1, -0.05) is 43.3 Å². The molecule has 2 aromatic carbocycles. The van der Waals surface area contributed by atoms with Crippen molar-refractivity contribution in [3.63, 3.8) is 0 Å². The molecule has 0 bridgehead atoms. The Labute approximate surface area is 115 Å². The van der Waals surface area contributed by atoms with Crippen LogP contribution < -0.4 is 10.1 Å². The lowest BCUT2D eigenvalue weighted by Crippen LogP contribution is -2.06. The maximum absolute atomic E-state index is 5.64. The summed E-state index contributed by atoms with van der Waals surface area (Å²) in [5.74, 6) is 0.923. The van der Waals surface area contributed by atoms with Crippen LogP contribution in [0.4, 0.5) is 5.69 Å². The lowest BCUT2D eigenvalue weighted by atomic mass is 10.1. The number of benzene rings is 2. The summed E-state index contributed by atoms with van der Waals surface area (Å²) in [6, 6.07) is 18.8. The molecule has 1 atom stereocenters. The predicted molar refractivity (Wildman–Crippen MR) is 80.7 cm³/mol. The minimum atomic E-state index is 0.280. The summed E-state index contributed by atoms with van der Waals surface area (Å²) in [5.41, 5.74) is 2.37. The highest BCUT2D eigenvalue weighted by molar-refractivity contribution is 5.49. The Hall–Kier alpha value is -1.96. The molecule has 2 rings (SSSR count). The standard InChI is InChI=1S/C17H21NO/c1-3-12-19-17-11-7-10-16(13-17)18-14(2)15-8-5-4-6-9-15/h4-11,13-14,18H,3,12H2,1-2H3. The second kappa shape index (κ2) is 6.83. The fourth-order valence-corrected chi connectivity index (χ4v) is 1.97. The van der Waals surface area contributed by atoms with Crippen LogP contribution in [-0.4, -0.2) is 6.61 Å². The van der Waals surface area contributed by atoms with Crippen molar-refractivity contribution in [3.8, 4) is 5.75 Å². The minimum Gasteiger partial charge on any atom is -0.494 e. The zero-order valence-corrected chi connectivity index (χ0v) is 11.6. The summed E-state index contributed by atoms with van der Waals surface area (Å²) < 4.78 is 5.64. The van der Waals surface area contributed by atoms with Crippen LogP contribution in [0.5, 0.6) is 5.75 Å². The zero-order valence-electron chi connectivity index (χ0n) is 11.6. The molecule has 1 N–H and O–H groups in total. The summed E-state index contributed by atoms with van der Waals surface area (Å²) in [7, 11) is 0. The first-order valence-corrected chi connectivity index (χ1v) is 6.84. The molecule has 0 heterocycles. The molecule has 0 aliphatic heterocycles. The molecule has 0 amide bonds. The van der Waals surface area contributed by atoms with Gasteiger partial charge in [0.2, 0.25) is 0 Å². The first-order chi connectivity index (χ1) is 9.29. The number of rotatable bonds is 6. The third kappa shape index (κ3) is 4.02. The van der Waals surface area contributed by atoms with Crippen LogP contribution in [0.1, 0.15) is 31.9 Å². The number of ether oxygens (including phenoxy) is 1. The Morgan fingerprint density at radius 2 is 1.84 bits per heavy atom. The molecule has 0 fully saturated rings. The third-order valence-corrected chi connectivity index (χ3v) is 2.99. The maximum atomic E-state index is 5.64. The molecule has 0 saturated heterocycles. The average Bonchev–Trinajstić information content (AvgIpc) is 2.46. The Kier molecular flexibility index (Phi) is 4.85. The van der Waals surface area contributed by atoms with Crippen LogP contribution in [0, 0.1) is 0 Å². The molecule has 0 aromatic heterocycles. The van der Waals surface area contributed by atoms with Crippen LogP contribution in [0.2, 0.25) is 0 Å². The van der Waals surface area contributed by atoms with Gasteiger partial charge in [-0.05, 0) is 31.0 Å². The summed E-state index contributed by atoms with van der Waals surface area (Å²) in [6.45, 7) is 5.03. The average molecular weight is 255 g/mol. The number of nitrogens with one attached hydrogen (secondary N) is 1. The smallest absolute Gasteiger partial charge is 0.121 e. The molecule has 2 heteroatoms. The van der Waals surface area contributed by atoms with Gasteiger partial charge < -0.3 is 10.1 Å². The molecule has 0 radical (unpaired) electrons. The fraction of sp³-hybridized carbons (Fsp3) is 0.294. The third-order valence-electron chi connectivity index (χ3n) is 2.99. The van der Waals surface area contributed by atoms with Crippen LogP contribution in [0.3, 0.4) is 0 Å². The van der Waals surface area contributed by atoms with E-state index in [1.165, 1.54) is 5.56 Å². The van der Waals surface area contributed by atoms with Crippen molar-refractivity contribution in [2.45, 2.75) is 26.3 Å². The number of hydrogen-bond donors (Lipinski definition) is 1. The minimum absolute atomic E-state index is 0.280. The Morgan fingerprint density at radius 1 is 1.05 bits per heavy atom. The van der Waals surface area contributed by atoms with Gasteiger partial charge in [0, 0.05) is 17.8 Å². The molecule has 2 aromatic rings. The molecule has 1 unspecified atom stereocenters. The normalized spacial score (nSPS) is 11.9. The largest absolute Gasteiger partial charge is 0.494 e. The highest BCUT2D eigenvalue weighted by Crippen LogP contribution is 2.22. The Morgan fingerprint density at radius 3 is 2.58 bits per heavy atom. The monoisotopic (exact) mass is 255 g/mol. The van der Waals surface area contributed by atoms with Gasteiger partial charge in [0.15, 0.2) is 0 Å². The summed E-state index contributed by atoms with van der Waals surface area (Å²) in [6.07, 6.45) is 1.03. The van der Waals surface area contributed by atoms with Crippen LogP contribution in [0.15, 0.2) is 54.6 Å². The first kappa shape index (κ1) is 13.5. The van der Waals surface area contributed by atoms with E-state index in [2.05, 4.69) is 55.6 Å². The molecule has 0 aliphatic rings. The van der Waals surface area contributed by atoms with E-state index in [0.717, 1.165) is 24.5 Å². The zero-order chi connectivity index (χ0) is 13.5. The van der Waals surface area contributed by atoms with Crippen LogP contribution in [-0.2, 0) is 0 Å². The number of hydrogen-bond acceptors (Lipinski definition) is 2. The van der Waals surface area contributed by atoms with Crippen molar-refractivity contribution in [1.82, 2.24) is 0 Å². The van der Waals surface area contributed by atoms with Crippen molar-refractivity contribution in [2.24, 2.45) is 0 Å². The van der Waals surface area contributed by atoms with Gasteiger partial charge in [0.25, 0.3) is 0 Å². The lowest BCUT2D eigenvalue weighted by molar-refractivity contribution is 0.317. The van der Waals surface area contributed by atoms with Crippen LogP contribution >= 0.6 is 0 Å². The summed E-state index contributed by atoms with van der Waals surface area (Å²) in [4.78, 5) is 0. The summed E-state index contributed by atoms with van der Waals surface area (Å²) >= 11 is 0.